The molecule has 0 unspecified atom stereocenters. The Morgan fingerprint density at radius 2 is 2.24 bits per heavy atom. The lowest BCUT2D eigenvalue weighted by Crippen LogP contribution is -2.37. The SMILES string of the molecule is CCc1cccc(NC(=O)CN=C(N)NCC2CCC2)c1. The fourth-order valence-electron chi connectivity index (χ4n) is 2.23. The molecule has 1 amide bonds. The minimum absolute atomic E-state index is 0.0415. The molecular formula is C16H24N4O. The lowest BCUT2D eigenvalue weighted by Gasteiger charge is -2.25. The van der Waals surface area contributed by atoms with Gasteiger partial charge in [-0.25, -0.2) is 4.99 Å². The zero-order valence-electron chi connectivity index (χ0n) is 12.6. The summed E-state index contributed by atoms with van der Waals surface area (Å²) in [6, 6.07) is 7.82. The highest BCUT2D eigenvalue weighted by Crippen LogP contribution is 2.24. The predicted molar refractivity (Wildman–Crippen MR) is 86.3 cm³/mol. The van der Waals surface area contributed by atoms with E-state index in [1.165, 1.54) is 24.8 Å². The Balaban J connectivity index is 1.74. The highest BCUT2D eigenvalue weighted by Gasteiger charge is 2.16. The van der Waals surface area contributed by atoms with Gasteiger partial charge in [0.1, 0.15) is 6.54 Å². The topological polar surface area (TPSA) is 79.5 Å². The highest BCUT2D eigenvalue weighted by atomic mass is 16.1. The molecule has 1 aromatic carbocycles. The first-order valence-electron chi connectivity index (χ1n) is 7.60. The monoisotopic (exact) mass is 288 g/mol. The van der Waals surface area contributed by atoms with Gasteiger partial charge in [-0.15, -0.1) is 0 Å². The maximum atomic E-state index is 11.8. The van der Waals surface area contributed by atoms with Crippen LogP contribution in [0.5, 0.6) is 0 Å². The van der Waals surface area contributed by atoms with E-state index in [0.29, 0.717) is 11.9 Å². The van der Waals surface area contributed by atoms with E-state index in [2.05, 4.69) is 22.5 Å². The molecule has 1 saturated carbocycles. The molecule has 0 aromatic heterocycles. The molecule has 4 N–H and O–H groups in total. The third kappa shape index (κ3) is 5.10. The number of nitrogens with two attached hydrogens (primary N) is 1. The number of carbonyl (C=O) groups excluding carboxylic acids is 1. The van der Waals surface area contributed by atoms with Crippen LogP contribution in [-0.4, -0.2) is 25.0 Å². The van der Waals surface area contributed by atoms with Gasteiger partial charge in [-0.2, -0.15) is 0 Å². The van der Waals surface area contributed by atoms with E-state index in [-0.39, 0.29) is 12.5 Å². The average molecular weight is 288 g/mol. The number of hydrogen-bond donors (Lipinski definition) is 3. The fourth-order valence-corrected chi connectivity index (χ4v) is 2.23. The molecular weight excluding hydrogens is 264 g/mol. The summed E-state index contributed by atoms with van der Waals surface area (Å²) in [5.74, 6) is 0.903. The van der Waals surface area contributed by atoms with Crippen LogP contribution in [0.2, 0.25) is 0 Å². The van der Waals surface area contributed by atoms with Crippen LogP contribution in [0.25, 0.3) is 0 Å². The zero-order chi connectivity index (χ0) is 15.1. The number of anilines is 1. The quantitative estimate of drug-likeness (QED) is 0.552. The molecule has 0 atom stereocenters. The van der Waals surface area contributed by atoms with Gasteiger partial charge in [-0.1, -0.05) is 25.5 Å². The van der Waals surface area contributed by atoms with Gasteiger partial charge in [0.2, 0.25) is 5.91 Å². The molecule has 1 aromatic rings. The van der Waals surface area contributed by atoms with Gasteiger partial charge in [0.25, 0.3) is 0 Å². The minimum atomic E-state index is -0.156. The van der Waals surface area contributed by atoms with Crippen LogP contribution >= 0.6 is 0 Å². The Bertz CT molecular complexity index is 509. The Kier molecular flexibility index (Phi) is 5.60. The van der Waals surface area contributed by atoms with E-state index in [4.69, 9.17) is 5.73 Å². The van der Waals surface area contributed by atoms with Crippen molar-refractivity contribution in [2.45, 2.75) is 32.6 Å². The summed E-state index contributed by atoms with van der Waals surface area (Å²) in [6.07, 6.45) is 4.77. The number of nitrogens with one attached hydrogen (secondary N) is 2. The summed E-state index contributed by atoms with van der Waals surface area (Å²) < 4.78 is 0. The molecule has 5 nitrogen and oxygen atoms in total. The molecule has 0 aliphatic heterocycles. The van der Waals surface area contributed by atoms with Crippen molar-refractivity contribution < 1.29 is 4.79 Å². The third-order valence-electron chi connectivity index (χ3n) is 3.81. The van der Waals surface area contributed by atoms with Crippen molar-refractivity contribution in [3.05, 3.63) is 29.8 Å². The summed E-state index contributed by atoms with van der Waals surface area (Å²) in [7, 11) is 0. The van der Waals surface area contributed by atoms with E-state index in [9.17, 15) is 4.79 Å². The summed E-state index contributed by atoms with van der Waals surface area (Å²) in [5.41, 5.74) is 7.74. The van der Waals surface area contributed by atoms with E-state index >= 15 is 0 Å². The molecule has 0 bridgehead atoms. The molecule has 1 aliphatic rings. The standard InChI is InChI=1S/C16H24N4O/c1-2-12-5-4-8-14(9-12)20-15(21)11-19-16(17)18-10-13-6-3-7-13/h4-5,8-9,13H,2-3,6-7,10-11H2,1H3,(H,20,21)(H3,17,18,19). The second-order valence-corrected chi connectivity index (χ2v) is 5.48. The maximum Gasteiger partial charge on any atom is 0.246 e. The van der Waals surface area contributed by atoms with Gasteiger partial charge < -0.3 is 16.4 Å². The lowest BCUT2D eigenvalue weighted by molar-refractivity contribution is -0.114. The first kappa shape index (κ1) is 15.4. The molecule has 0 spiro atoms. The molecule has 0 radical (unpaired) electrons. The fraction of sp³-hybridized carbons (Fsp3) is 0.500. The van der Waals surface area contributed by atoms with Crippen LogP contribution in [0.4, 0.5) is 5.69 Å². The Morgan fingerprint density at radius 1 is 1.43 bits per heavy atom. The normalized spacial score (nSPS) is 15.4. The second kappa shape index (κ2) is 7.67. The molecule has 21 heavy (non-hydrogen) atoms. The zero-order valence-corrected chi connectivity index (χ0v) is 12.6. The van der Waals surface area contributed by atoms with Gasteiger partial charge in [0, 0.05) is 12.2 Å². The summed E-state index contributed by atoms with van der Waals surface area (Å²) in [4.78, 5) is 15.9. The molecule has 114 valence electrons. The second-order valence-electron chi connectivity index (χ2n) is 5.48. The number of hydrogen-bond acceptors (Lipinski definition) is 2. The predicted octanol–water partition coefficient (Wildman–Crippen LogP) is 1.89. The van der Waals surface area contributed by atoms with E-state index in [1.807, 2.05) is 24.3 Å². The average Bonchev–Trinajstić information content (AvgIpc) is 2.43. The molecule has 0 heterocycles. The van der Waals surface area contributed by atoms with Crippen molar-refractivity contribution in [1.82, 2.24) is 5.32 Å². The van der Waals surface area contributed by atoms with Gasteiger partial charge in [0.05, 0.1) is 0 Å². The number of amides is 1. The summed E-state index contributed by atoms with van der Waals surface area (Å²) >= 11 is 0. The van der Waals surface area contributed by atoms with Gasteiger partial charge in [-0.05, 0) is 42.9 Å². The van der Waals surface area contributed by atoms with Crippen LogP contribution in [-0.2, 0) is 11.2 Å². The van der Waals surface area contributed by atoms with Crippen molar-refractivity contribution in [2.24, 2.45) is 16.6 Å². The van der Waals surface area contributed by atoms with E-state index in [1.54, 1.807) is 0 Å². The van der Waals surface area contributed by atoms with Crippen LogP contribution in [0.15, 0.2) is 29.3 Å². The van der Waals surface area contributed by atoms with Crippen molar-refractivity contribution in [3.8, 4) is 0 Å². The summed E-state index contributed by atoms with van der Waals surface area (Å²) in [6.45, 7) is 2.98. The maximum absolute atomic E-state index is 11.8. The number of benzene rings is 1. The first-order valence-corrected chi connectivity index (χ1v) is 7.60. The third-order valence-corrected chi connectivity index (χ3v) is 3.81. The highest BCUT2D eigenvalue weighted by molar-refractivity contribution is 5.93. The minimum Gasteiger partial charge on any atom is -0.370 e. The van der Waals surface area contributed by atoms with Crippen molar-refractivity contribution >= 4 is 17.6 Å². The van der Waals surface area contributed by atoms with Gasteiger partial charge in [0.15, 0.2) is 5.96 Å². The van der Waals surface area contributed by atoms with Crippen LogP contribution in [0, 0.1) is 5.92 Å². The van der Waals surface area contributed by atoms with Crippen LogP contribution in [0.1, 0.15) is 31.7 Å². The van der Waals surface area contributed by atoms with Crippen LogP contribution < -0.4 is 16.4 Å². The van der Waals surface area contributed by atoms with Crippen molar-refractivity contribution in [1.29, 1.82) is 0 Å². The first-order chi connectivity index (χ1) is 10.2. The van der Waals surface area contributed by atoms with Gasteiger partial charge in [-0.3, -0.25) is 4.79 Å². The number of rotatable bonds is 6. The smallest absolute Gasteiger partial charge is 0.246 e. The van der Waals surface area contributed by atoms with E-state index < -0.39 is 0 Å². The number of nitrogens with zero attached hydrogens (tertiary/aromatic N) is 1. The Labute approximate surface area is 126 Å². The molecule has 2 rings (SSSR count). The number of aryl methyl sites for hydroxylation is 1. The number of carbonyl (C=O) groups is 1. The molecule has 0 saturated heterocycles. The summed E-state index contributed by atoms with van der Waals surface area (Å²) in [5, 5.41) is 5.90. The molecule has 1 aliphatic carbocycles. The van der Waals surface area contributed by atoms with Crippen molar-refractivity contribution in [2.75, 3.05) is 18.4 Å². The lowest BCUT2D eigenvalue weighted by atomic mass is 9.85. The molecule has 1 fully saturated rings. The van der Waals surface area contributed by atoms with E-state index in [0.717, 1.165) is 18.7 Å². The van der Waals surface area contributed by atoms with Crippen molar-refractivity contribution in [3.63, 3.8) is 0 Å². The Hall–Kier alpha value is -2.04. The van der Waals surface area contributed by atoms with Crippen LogP contribution in [0.3, 0.4) is 0 Å². The largest absolute Gasteiger partial charge is 0.370 e. The Morgan fingerprint density at radius 3 is 2.90 bits per heavy atom. The number of guanidine groups is 1. The molecule has 5 heteroatoms. The number of aliphatic imine (C=N–C) groups is 1. The van der Waals surface area contributed by atoms with Gasteiger partial charge >= 0.3 is 0 Å².